The second-order valence-electron chi connectivity index (χ2n) is 12.7. The van der Waals surface area contributed by atoms with Crippen molar-refractivity contribution < 1.29 is 28.7 Å². The van der Waals surface area contributed by atoms with Gasteiger partial charge in [-0.25, -0.2) is 9.80 Å². The Balaban J connectivity index is 0.918. The highest BCUT2D eigenvalue weighted by Gasteiger charge is 2.60. The summed E-state index contributed by atoms with van der Waals surface area (Å²) in [7, 11) is 0. The SMILES string of the molecule is O=C1C2C3C=CC(C3)C2C(=O)N1c1cccc(Oc2cccc(Oc3cccc(N4C(=O)C5C6C=CC(C6)C5C4=O)c3)c2)c1. The van der Waals surface area contributed by atoms with E-state index in [9.17, 15) is 19.2 Å². The molecule has 2 saturated heterocycles. The van der Waals surface area contributed by atoms with Crippen LogP contribution in [0.2, 0.25) is 0 Å². The molecule has 6 aliphatic rings. The fourth-order valence-electron chi connectivity index (χ4n) is 8.56. The van der Waals surface area contributed by atoms with Crippen LogP contribution >= 0.6 is 0 Å². The molecule has 0 radical (unpaired) electrons. The first-order chi connectivity index (χ1) is 21.4. The number of amides is 4. The van der Waals surface area contributed by atoms with Crippen LogP contribution in [0.15, 0.2) is 97.1 Å². The number of nitrogens with zero attached hydrogens (tertiary/aromatic N) is 2. The van der Waals surface area contributed by atoms with Crippen LogP contribution in [-0.2, 0) is 19.2 Å². The topological polar surface area (TPSA) is 93.2 Å². The van der Waals surface area contributed by atoms with Crippen LogP contribution in [0.25, 0.3) is 0 Å². The van der Waals surface area contributed by atoms with Crippen molar-refractivity contribution in [1.29, 1.82) is 0 Å². The quantitative estimate of drug-likeness (QED) is 0.265. The van der Waals surface area contributed by atoms with Gasteiger partial charge < -0.3 is 9.47 Å². The van der Waals surface area contributed by atoms with E-state index in [4.69, 9.17) is 9.47 Å². The zero-order valence-electron chi connectivity index (χ0n) is 23.6. The molecule has 2 heterocycles. The van der Waals surface area contributed by atoms with Gasteiger partial charge in [0, 0.05) is 18.2 Å². The fraction of sp³-hybridized carbons (Fsp3) is 0.278. The summed E-state index contributed by atoms with van der Waals surface area (Å²) in [4.78, 5) is 55.7. The number of allylic oxidation sites excluding steroid dienone is 4. The smallest absolute Gasteiger partial charge is 0.238 e. The van der Waals surface area contributed by atoms with Gasteiger partial charge in [-0.1, -0.05) is 42.5 Å². The highest BCUT2D eigenvalue weighted by Crippen LogP contribution is 2.54. The van der Waals surface area contributed by atoms with Crippen molar-refractivity contribution in [3.63, 3.8) is 0 Å². The highest BCUT2D eigenvalue weighted by molar-refractivity contribution is 6.23. The summed E-state index contributed by atoms with van der Waals surface area (Å²) >= 11 is 0. The molecule has 2 aliphatic heterocycles. The number of carbonyl (C=O) groups excluding carboxylic acids is 4. The van der Waals surface area contributed by atoms with Gasteiger partial charge in [0.1, 0.15) is 23.0 Å². The average molecular weight is 585 g/mol. The van der Waals surface area contributed by atoms with Gasteiger partial charge in [0.2, 0.25) is 23.6 Å². The lowest BCUT2D eigenvalue weighted by molar-refractivity contribution is -0.124. The van der Waals surface area contributed by atoms with Gasteiger partial charge in [-0.15, -0.1) is 0 Å². The monoisotopic (exact) mass is 584 g/mol. The molecule has 4 fully saturated rings. The van der Waals surface area contributed by atoms with Crippen molar-refractivity contribution in [2.24, 2.45) is 47.3 Å². The molecule has 8 heteroatoms. The lowest BCUT2D eigenvalue weighted by atomic mass is 9.85. The number of fused-ring (bicyclic) bond motifs is 10. The Kier molecular flexibility index (Phi) is 5.37. The number of imide groups is 2. The predicted octanol–water partition coefficient (Wildman–Crippen LogP) is 5.89. The van der Waals surface area contributed by atoms with E-state index in [0.29, 0.717) is 34.4 Å². The minimum absolute atomic E-state index is 0.129. The summed E-state index contributed by atoms with van der Waals surface area (Å²) in [5, 5.41) is 0. The number of benzene rings is 3. The molecule has 218 valence electrons. The highest BCUT2D eigenvalue weighted by atomic mass is 16.5. The normalized spacial score (nSPS) is 32.3. The number of ether oxygens (including phenoxy) is 2. The Morgan fingerprint density at radius 1 is 0.455 bits per heavy atom. The molecule has 8 unspecified atom stereocenters. The van der Waals surface area contributed by atoms with E-state index in [-0.39, 0.29) is 71.0 Å². The molecule has 4 bridgehead atoms. The summed E-state index contributed by atoms with van der Waals surface area (Å²) < 4.78 is 12.3. The molecule has 4 aliphatic carbocycles. The van der Waals surface area contributed by atoms with E-state index in [1.165, 1.54) is 9.80 Å². The third-order valence-corrected chi connectivity index (χ3v) is 10.4. The third-order valence-electron chi connectivity index (χ3n) is 10.4. The Hall–Kier alpha value is -4.98. The van der Waals surface area contributed by atoms with Gasteiger partial charge in [0.05, 0.1) is 35.0 Å². The molecule has 44 heavy (non-hydrogen) atoms. The molecule has 8 atom stereocenters. The van der Waals surface area contributed by atoms with E-state index in [1.807, 2.05) is 0 Å². The average Bonchev–Trinajstić information content (AvgIpc) is 3.87. The second kappa shape index (κ2) is 9.26. The van der Waals surface area contributed by atoms with Crippen molar-refractivity contribution in [3.8, 4) is 23.0 Å². The summed E-state index contributed by atoms with van der Waals surface area (Å²) in [6.07, 6.45) is 10.1. The number of hydrogen-bond acceptors (Lipinski definition) is 6. The molecule has 3 aromatic rings. The van der Waals surface area contributed by atoms with Crippen LogP contribution in [0.4, 0.5) is 11.4 Å². The van der Waals surface area contributed by atoms with Crippen molar-refractivity contribution in [2.45, 2.75) is 12.8 Å². The molecule has 0 aromatic heterocycles. The van der Waals surface area contributed by atoms with Crippen LogP contribution in [0.3, 0.4) is 0 Å². The Morgan fingerprint density at radius 2 is 0.773 bits per heavy atom. The lowest BCUT2D eigenvalue weighted by Crippen LogP contribution is -2.32. The minimum atomic E-state index is -0.261. The van der Waals surface area contributed by atoms with Crippen molar-refractivity contribution in [3.05, 3.63) is 97.1 Å². The van der Waals surface area contributed by atoms with Crippen molar-refractivity contribution in [1.82, 2.24) is 0 Å². The van der Waals surface area contributed by atoms with Gasteiger partial charge in [0.15, 0.2) is 0 Å². The lowest BCUT2D eigenvalue weighted by Gasteiger charge is -2.18. The summed E-state index contributed by atoms with van der Waals surface area (Å²) in [6, 6.07) is 21.2. The van der Waals surface area contributed by atoms with Gasteiger partial charge in [-0.3, -0.25) is 19.2 Å². The molecule has 0 N–H and O–H groups in total. The van der Waals surface area contributed by atoms with Gasteiger partial charge >= 0.3 is 0 Å². The first-order valence-corrected chi connectivity index (χ1v) is 15.2. The van der Waals surface area contributed by atoms with E-state index in [1.54, 1.807) is 72.8 Å². The van der Waals surface area contributed by atoms with E-state index in [0.717, 1.165) is 12.8 Å². The first-order valence-electron chi connectivity index (χ1n) is 15.2. The van der Waals surface area contributed by atoms with Crippen LogP contribution in [0.5, 0.6) is 23.0 Å². The first kappa shape index (κ1) is 25.5. The fourth-order valence-corrected chi connectivity index (χ4v) is 8.56. The maximum atomic E-state index is 13.3. The van der Waals surface area contributed by atoms with Crippen LogP contribution in [-0.4, -0.2) is 23.6 Å². The zero-order valence-corrected chi connectivity index (χ0v) is 23.6. The molecule has 8 nitrogen and oxygen atoms in total. The van der Waals surface area contributed by atoms with E-state index < -0.39 is 0 Å². The molecule has 9 rings (SSSR count). The number of anilines is 2. The molecule has 3 aromatic carbocycles. The maximum Gasteiger partial charge on any atom is 0.238 e. The molecule has 4 amide bonds. The van der Waals surface area contributed by atoms with E-state index in [2.05, 4.69) is 24.3 Å². The minimum Gasteiger partial charge on any atom is -0.457 e. The summed E-state index contributed by atoms with van der Waals surface area (Å²) in [6.45, 7) is 0. The Bertz CT molecular complexity index is 1660. The van der Waals surface area contributed by atoms with Gasteiger partial charge in [-0.05, 0) is 72.9 Å². The third kappa shape index (κ3) is 3.63. The van der Waals surface area contributed by atoms with Gasteiger partial charge in [0.25, 0.3) is 0 Å². The molecule has 2 saturated carbocycles. The standard InChI is InChI=1S/C36H28N2O6/c39-33-29-19-10-11-20(14-19)30(29)34(40)37(33)23-4-1-6-25(16-23)43-27-8-3-9-28(18-27)44-26-7-2-5-24(17-26)38-35(41)31-21-12-13-22(15-21)32(31)36(38)42/h1-13,16-22,29-32H,14-15H2. The summed E-state index contributed by atoms with van der Waals surface area (Å²) in [5.41, 5.74) is 1.02. The summed E-state index contributed by atoms with van der Waals surface area (Å²) in [5.74, 6) is 1.03. The van der Waals surface area contributed by atoms with Crippen LogP contribution < -0.4 is 19.3 Å². The van der Waals surface area contributed by atoms with Crippen LogP contribution in [0.1, 0.15) is 12.8 Å². The van der Waals surface area contributed by atoms with Gasteiger partial charge in [-0.2, -0.15) is 0 Å². The number of carbonyl (C=O) groups is 4. The maximum absolute atomic E-state index is 13.3. The van der Waals surface area contributed by atoms with Crippen LogP contribution in [0, 0.1) is 47.3 Å². The largest absolute Gasteiger partial charge is 0.457 e. The Morgan fingerprint density at radius 3 is 1.14 bits per heavy atom. The number of hydrogen-bond donors (Lipinski definition) is 0. The van der Waals surface area contributed by atoms with E-state index >= 15 is 0 Å². The van der Waals surface area contributed by atoms with Crippen molar-refractivity contribution >= 4 is 35.0 Å². The molecular formula is C36H28N2O6. The van der Waals surface area contributed by atoms with Crippen molar-refractivity contribution in [2.75, 3.05) is 9.80 Å². The Labute approximate surface area is 253 Å². The molecule has 0 spiro atoms. The second-order valence-corrected chi connectivity index (χ2v) is 12.7. The predicted molar refractivity (Wildman–Crippen MR) is 160 cm³/mol. The molecular weight excluding hydrogens is 556 g/mol. The number of rotatable bonds is 6. The zero-order chi connectivity index (χ0) is 29.7.